The van der Waals surface area contributed by atoms with Crippen LogP contribution in [-0.2, 0) is 0 Å². The third kappa shape index (κ3) is 18.0. The largest absolute Gasteiger partial charge is 0.492 e. The second-order valence-corrected chi connectivity index (χ2v) is 24.4. The van der Waals surface area contributed by atoms with Crippen LogP contribution in [0.1, 0.15) is 111 Å². The number of alkyl halides is 1. The average molecular weight is 1670 g/mol. The van der Waals surface area contributed by atoms with Gasteiger partial charge in [-0.25, -0.2) is 8.78 Å². The molecule has 102 heavy (non-hydrogen) atoms. The van der Waals surface area contributed by atoms with Gasteiger partial charge in [0, 0.05) is 129 Å². The van der Waals surface area contributed by atoms with Crippen molar-refractivity contribution in [1.82, 2.24) is 31.1 Å². The molecule has 21 nitrogen and oxygen atoms in total. The molecule has 26 heteroatoms. The third-order valence-electron chi connectivity index (χ3n) is 16.0. The van der Waals surface area contributed by atoms with Gasteiger partial charge in [-0.2, -0.15) is 0 Å². The van der Waals surface area contributed by atoms with Crippen molar-refractivity contribution in [3.63, 3.8) is 0 Å². The Kier molecular flexibility index (Phi) is 27.8. The molecule has 2 aliphatic heterocycles. The standard InChI is InChI=1S/C37H32FN3O6.C29H30FN3O4.C10H8BrNO2.BH.H4N2.U/c1-21(2)20-40-34(42)24-11-14-30(46-17-16-41-36(44)26-6-4-5-7-27(26)37(41)45)28(19-24)23-10-15-31-29(18-23)32(35(43)39-3)33(47-31)22-8-12-25(38)13-9-22;1-17(2)16-33-28(34)20-7-10-24(36-13-12-31)22(15-20)19-6-11-25-23(14-19)26(29(35)32-3)27(37-25)18-4-8-21(30)9-5-18;11-5-6-12-9(13)7-3-1-2-4-8(7)10(12)14;;1-2;/h4-15,18-19,21H,16-17,20H2,1-3H3,(H,39,43)(H,40,42);4-11,14-15,17H,12-13,16,31H2,1-3H3,(H,32,35)(H,33,34);1-4H,5-6H2;1H;1-2H2;/i;;;1D;;. The number of amides is 8. The van der Waals surface area contributed by atoms with Crippen molar-refractivity contribution in [1.29, 1.82) is 1.34 Å². The Hall–Kier alpha value is -10.1. The summed E-state index contributed by atoms with van der Waals surface area (Å²) in [6.45, 7) is 10.2. The molecule has 0 bridgehead atoms. The van der Waals surface area contributed by atoms with Crippen molar-refractivity contribution in [2.75, 3.05) is 65.4 Å². The number of hydrazine groups is 1. The number of halogens is 3. The molecule has 8 aromatic carbocycles. The molecular weight excluding hydrogens is 1600 g/mol. The van der Waals surface area contributed by atoms with Crippen molar-refractivity contribution in [2.24, 2.45) is 29.3 Å². The topological polar surface area (TPSA) is 314 Å². The summed E-state index contributed by atoms with van der Waals surface area (Å²) in [4.78, 5) is 103. The number of carbonyl (C=O) groups excluding carboxylic acids is 8. The van der Waals surface area contributed by atoms with Gasteiger partial charge < -0.3 is 45.3 Å². The van der Waals surface area contributed by atoms with Crippen molar-refractivity contribution >= 4 is 93.5 Å². The molecule has 4 heterocycles. The van der Waals surface area contributed by atoms with Gasteiger partial charge in [-0.15, -0.1) is 0 Å². The van der Waals surface area contributed by atoms with Crippen LogP contribution in [0.5, 0.6) is 11.5 Å². The molecule has 12 rings (SSSR count). The van der Waals surface area contributed by atoms with Gasteiger partial charge >= 0.3 is 0 Å². The summed E-state index contributed by atoms with van der Waals surface area (Å²) >= 11 is 3.21. The quantitative estimate of drug-likeness (QED) is 0.0116. The monoisotopic (exact) mass is 1670 g/mol. The summed E-state index contributed by atoms with van der Waals surface area (Å²) in [5, 5.41) is 12.9. The summed E-state index contributed by atoms with van der Waals surface area (Å²) in [6, 6.07) is 46.0. The zero-order chi connectivity index (χ0) is 73.9. The number of carbonyl (C=O) groups is 8. The van der Waals surface area contributed by atoms with Gasteiger partial charge in [0.2, 0.25) is 0 Å². The smallest absolute Gasteiger partial charge is 0.261 e. The van der Waals surface area contributed by atoms with Crippen LogP contribution in [0.3, 0.4) is 0 Å². The van der Waals surface area contributed by atoms with Gasteiger partial charge in [0.15, 0.2) is 0 Å². The first-order valence-corrected chi connectivity index (χ1v) is 33.1. The van der Waals surface area contributed by atoms with Crippen molar-refractivity contribution < 1.29 is 96.6 Å². The van der Waals surface area contributed by atoms with Crippen LogP contribution < -0.4 is 48.2 Å². The van der Waals surface area contributed by atoms with Gasteiger partial charge in [0.25, 0.3) is 47.3 Å². The molecule has 0 atom stereocenters. The van der Waals surface area contributed by atoms with Crippen LogP contribution in [0.15, 0.2) is 179 Å². The second kappa shape index (κ2) is 36.5. The average Bonchev–Trinajstić information content (AvgIpc) is 1.68. The van der Waals surface area contributed by atoms with E-state index in [9.17, 15) is 47.1 Å². The summed E-state index contributed by atoms with van der Waals surface area (Å²) in [6.07, 6.45) is 0. The first kappa shape index (κ1) is 77.7. The van der Waals surface area contributed by atoms with E-state index in [1.807, 2.05) is 39.8 Å². The first-order valence-electron chi connectivity index (χ1n) is 32.5. The first-order chi connectivity index (χ1) is 49.2. The van der Waals surface area contributed by atoms with E-state index in [1.54, 1.807) is 133 Å². The fraction of sp³-hybridized carbons (Fsp3) is 0.211. The fourth-order valence-electron chi connectivity index (χ4n) is 11.1. The Balaban J connectivity index is 0.000000235. The van der Waals surface area contributed by atoms with Crippen molar-refractivity contribution in [3.8, 4) is 56.4 Å². The molecule has 10 aromatic rings. The molecule has 2 aromatic heterocycles. The number of fused-ring (bicyclic) bond motifs is 4. The van der Waals surface area contributed by atoms with Crippen molar-refractivity contribution in [3.05, 3.63) is 226 Å². The van der Waals surface area contributed by atoms with Crippen LogP contribution in [-0.4, -0.2) is 132 Å². The van der Waals surface area contributed by atoms with Crippen molar-refractivity contribution in [2.45, 2.75) is 27.7 Å². The van der Waals surface area contributed by atoms with E-state index in [-0.39, 0.29) is 115 Å². The third-order valence-corrected chi connectivity index (χ3v) is 16.3. The van der Waals surface area contributed by atoms with Gasteiger partial charge in [0.1, 0.15) is 59.0 Å². The number of hydrogen-bond acceptors (Lipinski definition) is 15. The summed E-state index contributed by atoms with van der Waals surface area (Å²) in [7, 11) is 6.80. The normalized spacial score (nSPS) is 11.9. The van der Waals surface area contributed by atoms with Crippen LogP contribution in [0.25, 0.3) is 66.8 Å². The Bertz CT molecular complexity index is 4660. The van der Waals surface area contributed by atoms with Gasteiger partial charge in [-0.1, -0.05) is 80.0 Å². The van der Waals surface area contributed by atoms with Gasteiger partial charge in [-0.05, 0) is 158 Å². The zero-order valence-electron chi connectivity index (χ0n) is 57.7. The maximum atomic E-state index is 13.7. The van der Waals surface area contributed by atoms with E-state index in [0.29, 0.717) is 150 Å². The number of furan rings is 2. The second-order valence-electron chi connectivity index (χ2n) is 23.6. The number of nitrogens with one attached hydrogen (secondary N) is 4. The van der Waals surface area contributed by atoms with E-state index >= 15 is 0 Å². The zero-order valence-corrected chi connectivity index (χ0v) is 62.5. The molecular formula is C76H75BBrF2N9O12U. The number of benzene rings is 8. The molecule has 0 saturated carbocycles. The molecule has 10 N–H and O–H groups in total. The molecule has 0 aliphatic carbocycles. The van der Waals surface area contributed by atoms with E-state index in [4.69, 9.17) is 25.4 Å². The van der Waals surface area contributed by atoms with E-state index in [2.05, 4.69) is 57.3 Å². The number of rotatable bonds is 21. The van der Waals surface area contributed by atoms with E-state index in [0.717, 1.165) is 10.5 Å². The Labute approximate surface area is 623 Å². The number of imide groups is 2. The fourth-order valence-corrected chi connectivity index (χ4v) is 11.4. The molecule has 2 radical (unpaired) electrons. The molecule has 8 amide bonds. The predicted octanol–water partition coefficient (Wildman–Crippen LogP) is 11.2. The minimum atomic E-state index is -0.415. The predicted molar refractivity (Wildman–Crippen MR) is 388 cm³/mol. The maximum absolute atomic E-state index is 13.7. The molecule has 0 spiro atoms. The Morgan fingerprint density at radius 2 is 0.853 bits per heavy atom. The van der Waals surface area contributed by atoms with Crippen LogP contribution in [0.2, 0.25) is 0 Å². The van der Waals surface area contributed by atoms with Crippen LogP contribution >= 0.6 is 15.9 Å². The van der Waals surface area contributed by atoms with Gasteiger partial charge in [0.05, 0.1) is 39.9 Å². The van der Waals surface area contributed by atoms with E-state index in [1.165, 1.54) is 43.3 Å². The maximum Gasteiger partial charge on any atom is 0.261 e. The SMILES string of the molecule is CNC(=O)c1c(-c2ccc(F)cc2)oc2ccc(-c3cc(C(=O)NCC(C)C)ccc3OCCN)cc12.CNC(=O)c1c(-c2ccc(F)cc2)oc2ccc(-c3cc(C(=O)NCC(C)C)ccc3OCCN3C(=O)c4ccccc4C3=O)cc12.NN.O=C1c2ccccc2C(=O)N1CCBr.[2H][B].[U]. The number of nitrogens with zero attached hydrogens (tertiary/aromatic N) is 2. The summed E-state index contributed by atoms with van der Waals surface area (Å²) in [5.74, 6) is 7.07. The van der Waals surface area contributed by atoms with E-state index < -0.39 is 5.82 Å². The molecule has 0 saturated heterocycles. The number of ether oxygens (including phenoxy) is 2. The molecule has 524 valence electrons. The number of nitrogens with two attached hydrogens (primary N) is 3. The molecule has 0 fully saturated rings. The molecule has 0 unspecified atom stereocenters. The summed E-state index contributed by atoms with van der Waals surface area (Å²) < 4.78 is 56.6. The Morgan fingerprint density at radius 1 is 0.500 bits per heavy atom. The summed E-state index contributed by atoms with van der Waals surface area (Å²) in [5.41, 5.74) is 13.5. The van der Waals surface area contributed by atoms with Crippen LogP contribution in [0.4, 0.5) is 8.78 Å². The minimum absolute atomic E-state index is 0. The minimum Gasteiger partial charge on any atom is -0.492 e. The molecule has 2 aliphatic rings. The van der Waals surface area contributed by atoms with Gasteiger partial charge in [-0.3, -0.25) is 59.8 Å². The number of hydrogen-bond donors (Lipinski definition) is 7. The Morgan fingerprint density at radius 3 is 1.20 bits per heavy atom. The van der Waals surface area contributed by atoms with Crippen LogP contribution in [0, 0.1) is 54.6 Å².